The van der Waals surface area contributed by atoms with Gasteiger partial charge < -0.3 is 10.2 Å². The van der Waals surface area contributed by atoms with Gasteiger partial charge in [-0.15, -0.1) is 35.3 Å². The Bertz CT molecular complexity index is 353. The van der Waals surface area contributed by atoms with Gasteiger partial charge in [0.2, 0.25) is 0 Å². The van der Waals surface area contributed by atoms with Gasteiger partial charge in [-0.05, 0) is 27.4 Å². The number of nitrogens with one attached hydrogen (secondary N) is 1. The van der Waals surface area contributed by atoms with Gasteiger partial charge in [-0.25, -0.2) is 0 Å². The molecule has 0 unspecified atom stereocenters. The molecule has 2 heterocycles. The first-order chi connectivity index (χ1) is 6.77. The van der Waals surface area contributed by atoms with E-state index < -0.39 is 0 Å². The SMILES string of the molecule is CN1CCN=C1NCc1sccc1Br.I. The summed E-state index contributed by atoms with van der Waals surface area (Å²) in [6, 6.07) is 2.07. The predicted octanol–water partition coefficient (Wildman–Crippen LogP) is 2.52. The fraction of sp³-hybridized carbons (Fsp3) is 0.444. The molecule has 15 heavy (non-hydrogen) atoms. The quantitative estimate of drug-likeness (QED) is 0.771. The number of guanidine groups is 1. The molecule has 2 rings (SSSR count). The maximum atomic E-state index is 4.37. The van der Waals surface area contributed by atoms with Crippen LogP contribution in [0.2, 0.25) is 0 Å². The van der Waals surface area contributed by atoms with E-state index in [1.54, 1.807) is 11.3 Å². The largest absolute Gasteiger partial charge is 0.351 e. The molecule has 1 aliphatic rings. The van der Waals surface area contributed by atoms with Crippen molar-refractivity contribution in [2.75, 3.05) is 20.1 Å². The van der Waals surface area contributed by atoms with Gasteiger partial charge in [0.05, 0.1) is 13.1 Å². The normalized spacial score (nSPS) is 14.8. The minimum Gasteiger partial charge on any atom is -0.351 e. The van der Waals surface area contributed by atoms with Gasteiger partial charge in [-0.1, -0.05) is 0 Å². The van der Waals surface area contributed by atoms with E-state index in [1.807, 2.05) is 0 Å². The minimum absolute atomic E-state index is 0. The summed E-state index contributed by atoms with van der Waals surface area (Å²) in [5, 5.41) is 5.42. The molecule has 0 spiro atoms. The van der Waals surface area contributed by atoms with Gasteiger partial charge in [-0.3, -0.25) is 4.99 Å². The van der Waals surface area contributed by atoms with Gasteiger partial charge in [0.25, 0.3) is 0 Å². The maximum absolute atomic E-state index is 4.37. The van der Waals surface area contributed by atoms with Crippen molar-refractivity contribution in [2.45, 2.75) is 6.54 Å². The number of hydrogen-bond acceptors (Lipinski definition) is 4. The highest BCUT2D eigenvalue weighted by Gasteiger charge is 2.12. The summed E-state index contributed by atoms with van der Waals surface area (Å²) in [5.74, 6) is 1.00. The number of hydrogen-bond donors (Lipinski definition) is 1. The molecule has 1 aliphatic heterocycles. The average Bonchev–Trinajstić information content (AvgIpc) is 2.72. The summed E-state index contributed by atoms with van der Waals surface area (Å²) >= 11 is 5.26. The van der Waals surface area contributed by atoms with Crippen LogP contribution in [-0.2, 0) is 6.54 Å². The molecule has 6 heteroatoms. The van der Waals surface area contributed by atoms with Crippen molar-refractivity contribution in [1.29, 1.82) is 0 Å². The van der Waals surface area contributed by atoms with E-state index in [9.17, 15) is 0 Å². The van der Waals surface area contributed by atoms with E-state index in [1.165, 1.54) is 9.35 Å². The smallest absolute Gasteiger partial charge is 0.194 e. The Labute approximate surface area is 119 Å². The third-order valence-electron chi connectivity index (χ3n) is 2.16. The summed E-state index contributed by atoms with van der Waals surface area (Å²) in [5.41, 5.74) is 0. The lowest BCUT2D eigenvalue weighted by molar-refractivity contribution is 0.534. The van der Waals surface area contributed by atoms with Crippen molar-refractivity contribution in [3.8, 4) is 0 Å². The molecule has 1 aromatic rings. The molecule has 0 saturated carbocycles. The standard InChI is InChI=1S/C9H12BrN3S.HI/c1-13-4-3-11-9(13)12-6-8-7(10)2-5-14-8;/h2,5H,3-4,6H2,1H3,(H,11,12);1H. The topological polar surface area (TPSA) is 27.6 Å². The average molecular weight is 402 g/mol. The Morgan fingerprint density at radius 3 is 3.00 bits per heavy atom. The molecule has 0 atom stereocenters. The van der Waals surface area contributed by atoms with Crippen LogP contribution in [0, 0.1) is 0 Å². The molecule has 0 radical (unpaired) electrons. The van der Waals surface area contributed by atoms with E-state index in [4.69, 9.17) is 0 Å². The van der Waals surface area contributed by atoms with Crippen LogP contribution in [0.15, 0.2) is 20.9 Å². The van der Waals surface area contributed by atoms with E-state index >= 15 is 0 Å². The van der Waals surface area contributed by atoms with Crippen molar-refractivity contribution in [2.24, 2.45) is 4.99 Å². The Morgan fingerprint density at radius 2 is 2.47 bits per heavy atom. The van der Waals surface area contributed by atoms with Crippen LogP contribution in [0.3, 0.4) is 0 Å². The van der Waals surface area contributed by atoms with Crippen LogP contribution in [-0.4, -0.2) is 31.0 Å². The van der Waals surface area contributed by atoms with Crippen molar-refractivity contribution in [1.82, 2.24) is 10.2 Å². The van der Waals surface area contributed by atoms with Gasteiger partial charge >= 0.3 is 0 Å². The third-order valence-corrected chi connectivity index (χ3v) is 4.08. The highest BCUT2D eigenvalue weighted by Crippen LogP contribution is 2.22. The van der Waals surface area contributed by atoms with Crippen LogP contribution in [0.4, 0.5) is 0 Å². The molecular weight excluding hydrogens is 389 g/mol. The summed E-state index contributed by atoms with van der Waals surface area (Å²) in [7, 11) is 2.06. The summed E-state index contributed by atoms with van der Waals surface area (Å²) < 4.78 is 1.18. The van der Waals surface area contributed by atoms with Crippen molar-refractivity contribution in [3.05, 3.63) is 20.8 Å². The molecule has 0 aliphatic carbocycles. The number of nitrogens with zero attached hydrogens (tertiary/aromatic N) is 2. The second kappa shape index (κ2) is 6.05. The first-order valence-electron chi connectivity index (χ1n) is 4.48. The lowest BCUT2D eigenvalue weighted by atomic mass is 10.4. The van der Waals surface area contributed by atoms with Crippen molar-refractivity contribution in [3.63, 3.8) is 0 Å². The fourth-order valence-corrected chi connectivity index (χ4v) is 2.77. The number of halogens is 2. The van der Waals surface area contributed by atoms with Crippen LogP contribution in [0.1, 0.15) is 4.88 Å². The van der Waals surface area contributed by atoms with Gasteiger partial charge in [0, 0.05) is 22.9 Å². The van der Waals surface area contributed by atoms with Gasteiger partial charge in [-0.2, -0.15) is 0 Å². The molecule has 0 aromatic carbocycles. The Hall–Kier alpha value is 0.180. The van der Waals surface area contributed by atoms with Crippen molar-refractivity contribution >= 4 is 57.2 Å². The fourth-order valence-electron chi connectivity index (χ4n) is 1.33. The molecule has 0 amide bonds. The molecule has 1 aromatic heterocycles. The monoisotopic (exact) mass is 401 g/mol. The number of aliphatic imine (C=N–C) groups is 1. The zero-order chi connectivity index (χ0) is 9.97. The lowest BCUT2D eigenvalue weighted by Gasteiger charge is -2.14. The number of thiophene rings is 1. The van der Waals surface area contributed by atoms with Gasteiger partial charge in [0.1, 0.15) is 0 Å². The number of rotatable bonds is 2. The Kier molecular flexibility index (Phi) is 5.34. The maximum Gasteiger partial charge on any atom is 0.194 e. The van der Waals surface area contributed by atoms with Crippen LogP contribution in [0.5, 0.6) is 0 Å². The second-order valence-corrected chi connectivity index (χ2v) is 5.03. The first-order valence-corrected chi connectivity index (χ1v) is 6.16. The second-order valence-electron chi connectivity index (χ2n) is 3.17. The van der Waals surface area contributed by atoms with E-state index in [0.717, 1.165) is 25.6 Å². The third kappa shape index (κ3) is 3.32. The molecule has 84 valence electrons. The van der Waals surface area contributed by atoms with Crippen LogP contribution < -0.4 is 5.32 Å². The predicted molar refractivity (Wildman–Crippen MR) is 79.2 cm³/mol. The highest BCUT2D eigenvalue weighted by molar-refractivity contribution is 14.0. The van der Waals surface area contributed by atoms with E-state index in [2.05, 4.69) is 49.6 Å². The molecule has 1 N–H and O–H groups in total. The van der Waals surface area contributed by atoms with Crippen LogP contribution >= 0.6 is 51.2 Å². The molecule has 0 saturated heterocycles. The Balaban J connectivity index is 0.00000112. The summed E-state index contributed by atoms with van der Waals surface area (Å²) in [6.07, 6.45) is 0. The lowest BCUT2D eigenvalue weighted by Crippen LogP contribution is -2.34. The summed E-state index contributed by atoms with van der Waals surface area (Å²) in [6.45, 7) is 2.78. The number of likely N-dealkylation sites (N-methyl/N-ethyl adjacent to an activating group) is 1. The molecule has 3 nitrogen and oxygen atoms in total. The molecular formula is C9H13BrIN3S. The van der Waals surface area contributed by atoms with Crippen LogP contribution in [0.25, 0.3) is 0 Å². The highest BCUT2D eigenvalue weighted by atomic mass is 127. The molecule has 0 bridgehead atoms. The minimum atomic E-state index is 0. The Morgan fingerprint density at radius 1 is 1.67 bits per heavy atom. The van der Waals surface area contributed by atoms with Crippen molar-refractivity contribution < 1.29 is 0 Å². The zero-order valence-corrected chi connectivity index (χ0v) is 13.1. The zero-order valence-electron chi connectivity index (χ0n) is 8.36. The molecule has 0 fully saturated rings. The van der Waals surface area contributed by atoms with Gasteiger partial charge in [0.15, 0.2) is 5.96 Å². The first kappa shape index (κ1) is 13.2. The summed E-state index contributed by atoms with van der Waals surface area (Å²) in [4.78, 5) is 7.82. The van der Waals surface area contributed by atoms with E-state index in [-0.39, 0.29) is 24.0 Å². The van der Waals surface area contributed by atoms with E-state index in [0.29, 0.717) is 0 Å².